The molecule has 0 amide bonds. The molecule has 0 aliphatic rings. The lowest BCUT2D eigenvalue weighted by atomic mass is 9.89. The molecule has 0 radical (unpaired) electrons. The van der Waals surface area contributed by atoms with E-state index in [-0.39, 0.29) is 74.1 Å². The van der Waals surface area contributed by atoms with Crippen molar-refractivity contribution in [2.24, 2.45) is 0 Å². The van der Waals surface area contributed by atoms with Gasteiger partial charge in [-0.2, -0.15) is 0 Å². The molecule has 8 aromatic carbocycles. The average Bonchev–Trinajstić information content (AvgIpc) is 3.01. The lowest BCUT2D eigenvalue weighted by Gasteiger charge is -2.15. The molecule has 0 saturated heterocycles. The predicted molar refractivity (Wildman–Crippen MR) is 148 cm³/mol. The van der Waals surface area contributed by atoms with E-state index >= 15 is 0 Å². The van der Waals surface area contributed by atoms with Gasteiger partial charge in [0.25, 0.3) is 0 Å². The highest BCUT2D eigenvalue weighted by Gasteiger charge is 2.12. The van der Waals surface area contributed by atoms with Crippen LogP contribution in [0.15, 0.2) is 121 Å². The molecular weight excluding hydrogens is 408 g/mol. The van der Waals surface area contributed by atoms with Crippen LogP contribution in [0.5, 0.6) is 0 Å². The Labute approximate surface area is 209 Å². The third-order valence-electron chi connectivity index (χ3n) is 6.80. The topological polar surface area (TPSA) is 0 Å². The monoisotopic (exact) mass is 437 g/mol. The van der Waals surface area contributed by atoms with Crippen molar-refractivity contribution in [3.63, 3.8) is 0 Å². The fourth-order valence-electron chi connectivity index (χ4n) is 5.19. The largest absolute Gasteiger partial charge is 0.0630 e. The van der Waals surface area contributed by atoms with Crippen molar-refractivity contribution >= 4 is 64.6 Å². The molecule has 0 bridgehead atoms. The third kappa shape index (κ3) is 2.43. The van der Waals surface area contributed by atoms with Crippen LogP contribution in [-0.4, -0.2) is 0 Å². The summed E-state index contributed by atoms with van der Waals surface area (Å²) in [6.45, 7) is 0. The van der Waals surface area contributed by atoms with E-state index in [2.05, 4.69) is 36.4 Å². The Kier molecular flexibility index (Phi) is 2.24. The molecule has 0 spiro atoms. The highest BCUT2D eigenvalue weighted by Crippen LogP contribution is 2.40. The number of hydrogen-bond donors (Lipinski definition) is 0. The first kappa shape index (κ1) is 11.6. The second kappa shape index (κ2) is 6.56. The van der Waals surface area contributed by atoms with Gasteiger partial charge < -0.3 is 0 Å². The number of rotatable bonds is 1. The van der Waals surface area contributed by atoms with Crippen LogP contribution < -0.4 is 0 Å². The normalized spacial score (nSPS) is 15.8. The molecule has 0 aliphatic heterocycles. The molecule has 0 heteroatoms. The minimum Gasteiger partial charge on any atom is -0.0616 e. The molecule has 0 fully saturated rings. The van der Waals surface area contributed by atoms with Gasteiger partial charge in [0.15, 0.2) is 0 Å². The Morgan fingerprint density at radius 2 is 1.15 bits per heavy atom. The number of hydrogen-bond acceptors (Lipinski definition) is 0. The highest BCUT2D eigenvalue weighted by atomic mass is 14.2. The van der Waals surface area contributed by atoms with Gasteiger partial charge in [-0.25, -0.2) is 0 Å². The maximum atomic E-state index is 9.07. The van der Waals surface area contributed by atoms with E-state index < -0.39 is 18.1 Å². The molecular formula is C34H20. The van der Waals surface area contributed by atoms with Crippen molar-refractivity contribution in [2.45, 2.75) is 0 Å². The quantitative estimate of drug-likeness (QED) is 0.177. The van der Waals surface area contributed by atoms with Gasteiger partial charge in [0.1, 0.15) is 0 Å². The summed E-state index contributed by atoms with van der Waals surface area (Å²) in [5, 5.41) is 6.68. The molecule has 0 saturated carbocycles. The number of benzene rings is 8. The van der Waals surface area contributed by atoms with Crippen LogP contribution in [0.4, 0.5) is 0 Å². The van der Waals surface area contributed by atoms with Crippen molar-refractivity contribution < 1.29 is 12.3 Å². The Morgan fingerprint density at radius 3 is 2.06 bits per heavy atom. The first-order valence-corrected chi connectivity index (χ1v) is 11.1. The second-order valence-electron chi connectivity index (χ2n) is 8.67. The van der Waals surface area contributed by atoms with Crippen molar-refractivity contribution in [1.82, 2.24) is 0 Å². The van der Waals surface area contributed by atoms with E-state index in [1.807, 2.05) is 30.3 Å². The van der Waals surface area contributed by atoms with Crippen LogP contribution in [0.1, 0.15) is 12.3 Å². The third-order valence-corrected chi connectivity index (χ3v) is 6.80. The Bertz CT molecular complexity index is 2530. The summed E-state index contributed by atoms with van der Waals surface area (Å²) in [7, 11) is 0. The van der Waals surface area contributed by atoms with Gasteiger partial charge in [-0.15, -0.1) is 0 Å². The summed E-state index contributed by atoms with van der Waals surface area (Å²) in [5.74, 6) is 0. The summed E-state index contributed by atoms with van der Waals surface area (Å²) in [4.78, 5) is 0. The number of fused-ring (bicyclic) bond motifs is 4. The molecule has 0 heterocycles. The van der Waals surface area contributed by atoms with E-state index in [1.54, 1.807) is 0 Å². The lowest BCUT2D eigenvalue weighted by molar-refractivity contribution is 1.71. The zero-order valence-electron chi connectivity index (χ0n) is 26.9. The summed E-state index contributed by atoms with van der Waals surface area (Å²) >= 11 is 0. The zero-order chi connectivity index (χ0) is 30.1. The van der Waals surface area contributed by atoms with Crippen LogP contribution in [0.3, 0.4) is 0 Å². The Hall–Kier alpha value is -4.42. The fourth-order valence-corrected chi connectivity index (χ4v) is 5.19. The van der Waals surface area contributed by atoms with E-state index in [0.29, 0.717) is 5.56 Å². The Balaban J connectivity index is 1.56. The molecule has 0 aliphatic carbocycles. The predicted octanol–water partition coefficient (Wildman–Crippen LogP) is 9.71. The first-order valence-electron chi connectivity index (χ1n) is 15.6. The minimum atomic E-state index is -0.478. The smallest absolute Gasteiger partial charge is 0.0616 e. The van der Waals surface area contributed by atoms with Gasteiger partial charge in [-0.05, 0) is 94.0 Å². The van der Waals surface area contributed by atoms with Gasteiger partial charge in [0, 0.05) is 0 Å². The van der Waals surface area contributed by atoms with E-state index in [0.717, 1.165) is 32.3 Å². The van der Waals surface area contributed by atoms with E-state index in [1.165, 1.54) is 0 Å². The average molecular weight is 438 g/mol. The van der Waals surface area contributed by atoms with Gasteiger partial charge in [0.05, 0.1) is 12.3 Å². The minimum absolute atomic E-state index is 0.0190. The van der Waals surface area contributed by atoms with E-state index in [4.69, 9.17) is 12.3 Å². The SMILES string of the molecule is [2H]c1c([2H])c2c([2H])c([2H])c3c([2H])c([2H])c(-c4ccc5cc6ccc7ccccc7c6cc5c4)c4c([2H])c([2H])c(c1[2H])c2c34. The maximum Gasteiger partial charge on any atom is 0.0630 e. The van der Waals surface area contributed by atoms with Crippen molar-refractivity contribution in [1.29, 1.82) is 0 Å². The molecule has 34 heavy (non-hydrogen) atoms. The van der Waals surface area contributed by atoms with Crippen LogP contribution in [-0.2, 0) is 0 Å². The van der Waals surface area contributed by atoms with Gasteiger partial charge in [-0.1, -0.05) is 103 Å². The van der Waals surface area contributed by atoms with Crippen LogP contribution in [0, 0.1) is 0 Å². The molecule has 8 rings (SSSR count). The summed E-state index contributed by atoms with van der Waals surface area (Å²) < 4.78 is 78.8. The van der Waals surface area contributed by atoms with Crippen LogP contribution in [0.2, 0.25) is 0 Å². The van der Waals surface area contributed by atoms with Gasteiger partial charge >= 0.3 is 0 Å². The van der Waals surface area contributed by atoms with Gasteiger partial charge in [0.2, 0.25) is 0 Å². The molecule has 0 atom stereocenters. The van der Waals surface area contributed by atoms with Crippen molar-refractivity contribution in [2.75, 3.05) is 0 Å². The summed E-state index contributed by atoms with van der Waals surface area (Å²) in [6.07, 6.45) is 0. The van der Waals surface area contributed by atoms with Crippen LogP contribution in [0.25, 0.3) is 75.8 Å². The van der Waals surface area contributed by atoms with Crippen molar-refractivity contribution in [3.8, 4) is 11.1 Å². The second-order valence-corrected chi connectivity index (χ2v) is 8.67. The summed E-state index contributed by atoms with van der Waals surface area (Å²) in [6, 6.07) is 19.0. The molecule has 0 nitrogen and oxygen atoms in total. The lowest BCUT2D eigenvalue weighted by Crippen LogP contribution is -1.87. The standard InChI is InChI=1S/C34H20/c1-2-7-29-21(4-1)8-12-27-18-25-11-13-26(19-28(25)20-32(27)29)30-16-14-24-10-9-22-5-3-6-23-15-17-31(30)34(24)33(22)23/h1-20H/i3D,5D,6D,9D,10D,14D,15D,16D,17D. The molecule has 0 unspecified atom stereocenters. The van der Waals surface area contributed by atoms with Crippen LogP contribution >= 0.6 is 0 Å². The highest BCUT2D eigenvalue weighted by molar-refractivity contribution is 6.25. The molecule has 0 aromatic heterocycles. The molecule has 0 N–H and O–H groups in total. The summed E-state index contributed by atoms with van der Waals surface area (Å²) in [5.41, 5.74) is 0.816. The van der Waals surface area contributed by atoms with Gasteiger partial charge in [-0.3, -0.25) is 0 Å². The van der Waals surface area contributed by atoms with Crippen molar-refractivity contribution in [3.05, 3.63) is 121 Å². The first-order chi connectivity index (χ1) is 20.6. The molecule has 156 valence electrons. The zero-order valence-corrected chi connectivity index (χ0v) is 17.9. The molecule has 8 aromatic rings. The van der Waals surface area contributed by atoms with E-state index in [9.17, 15) is 0 Å². The fraction of sp³-hybridized carbons (Fsp3) is 0. The maximum absolute atomic E-state index is 9.07. The Morgan fingerprint density at radius 1 is 0.412 bits per heavy atom.